The fourth-order valence-corrected chi connectivity index (χ4v) is 2.56. The zero-order chi connectivity index (χ0) is 19.5. The number of hydrogen-bond donors (Lipinski definition) is 0. The average Bonchev–Trinajstić information content (AvgIpc) is 2.60. The number of nitrogens with zero attached hydrogens (tertiary/aromatic N) is 2. The highest BCUT2D eigenvalue weighted by molar-refractivity contribution is 7.80. The molecule has 0 amide bonds. The Kier molecular flexibility index (Phi) is 5.66. The number of thiocarbonyl (C=S) groups is 1. The monoisotopic (exact) mass is 376 g/mol. The second-order valence-electron chi connectivity index (χ2n) is 5.94. The number of halogens is 1. The van der Waals surface area contributed by atoms with Crippen LogP contribution in [-0.4, -0.2) is 34.9 Å². The lowest BCUT2D eigenvalue weighted by atomic mass is 9.94. The molecule has 0 aliphatic heterocycles. The molecule has 2 aromatic carbocycles. The molecular weight excluding hydrogens is 359 g/mol. The minimum absolute atomic E-state index is 0.125. The molecule has 0 radical (unpaired) electrons. The number of ether oxygens (including phenoxy) is 1. The Morgan fingerprint density at radius 3 is 2.35 bits per heavy atom. The second-order valence-corrected chi connectivity index (χ2v) is 6.32. The van der Waals surface area contributed by atoms with Crippen LogP contribution < -0.4 is 0 Å². The molecule has 1 unspecified atom stereocenters. The standard InChI is InChI=1S/C18H17FN2O4S/c1-18(17(26)20(2)3,13-5-4-6-14(19)11-13)25-16(22)12-7-9-15(10-8-12)21(23)24/h4-11H,1-3H3. The number of esters is 1. The Balaban J connectivity index is 2.39. The summed E-state index contributed by atoms with van der Waals surface area (Å²) in [4.78, 5) is 24.6. The van der Waals surface area contributed by atoms with E-state index in [1.807, 2.05) is 0 Å². The van der Waals surface area contributed by atoms with E-state index in [-0.39, 0.29) is 16.2 Å². The van der Waals surface area contributed by atoms with Crippen molar-refractivity contribution in [2.75, 3.05) is 14.1 Å². The fourth-order valence-electron chi connectivity index (χ4n) is 2.40. The lowest BCUT2D eigenvalue weighted by Crippen LogP contribution is -2.43. The highest BCUT2D eigenvalue weighted by Crippen LogP contribution is 2.30. The zero-order valence-electron chi connectivity index (χ0n) is 14.4. The average molecular weight is 376 g/mol. The smallest absolute Gasteiger partial charge is 0.339 e. The molecule has 26 heavy (non-hydrogen) atoms. The minimum atomic E-state index is -1.39. The van der Waals surface area contributed by atoms with Crippen molar-refractivity contribution >= 4 is 28.9 Å². The van der Waals surface area contributed by atoms with Crippen LogP contribution in [0.4, 0.5) is 10.1 Å². The van der Waals surface area contributed by atoms with Gasteiger partial charge < -0.3 is 9.64 Å². The molecule has 0 aliphatic rings. The Hall–Kier alpha value is -2.87. The highest BCUT2D eigenvalue weighted by atomic mass is 32.1. The maximum absolute atomic E-state index is 13.7. The van der Waals surface area contributed by atoms with Crippen LogP contribution in [0.5, 0.6) is 0 Å². The van der Waals surface area contributed by atoms with Crippen LogP contribution >= 0.6 is 12.2 Å². The van der Waals surface area contributed by atoms with Gasteiger partial charge in [-0.3, -0.25) is 10.1 Å². The topological polar surface area (TPSA) is 72.7 Å². The van der Waals surface area contributed by atoms with Crippen LogP contribution in [0.15, 0.2) is 48.5 Å². The SMILES string of the molecule is CN(C)C(=S)C(C)(OC(=O)c1ccc([N+](=O)[O-])cc1)c1cccc(F)c1. The van der Waals surface area contributed by atoms with E-state index in [9.17, 15) is 19.3 Å². The third kappa shape index (κ3) is 4.02. The van der Waals surface area contributed by atoms with Gasteiger partial charge >= 0.3 is 5.97 Å². The normalized spacial score (nSPS) is 12.8. The molecule has 1 atom stereocenters. The van der Waals surface area contributed by atoms with Crippen molar-refractivity contribution < 1.29 is 18.8 Å². The van der Waals surface area contributed by atoms with E-state index < -0.39 is 22.3 Å². The number of benzene rings is 2. The van der Waals surface area contributed by atoms with Crippen LogP contribution in [0.25, 0.3) is 0 Å². The van der Waals surface area contributed by atoms with E-state index in [1.54, 1.807) is 32.0 Å². The van der Waals surface area contributed by atoms with Gasteiger partial charge in [0.25, 0.3) is 5.69 Å². The molecular formula is C18H17FN2O4S. The Morgan fingerprint density at radius 2 is 1.85 bits per heavy atom. The molecule has 2 rings (SSSR count). The molecule has 0 saturated carbocycles. The van der Waals surface area contributed by atoms with E-state index >= 15 is 0 Å². The maximum Gasteiger partial charge on any atom is 0.339 e. The third-order valence-corrected chi connectivity index (χ3v) is 4.56. The third-order valence-electron chi connectivity index (χ3n) is 3.80. The lowest BCUT2D eigenvalue weighted by Gasteiger charge is -2.34. The first-order chi connectivity index (χ1) is 12.1. The summed E-state index contributed by atoms with van der Waals surface area (Å²) < 4.78 is 19.3. The zero-order valence-corrected chi connectivity index (χ0v) is 15.2. The van der Waals surface area contributed by atoms with Gasteiger partial charge in [-0.2, -0.15) is 0 Å². The summed E-state index contributed by atoms with van der Waals surface area (Å²) >= 11 is 5.40. The first-order valence-electron chi connectivity index (χ1n) is 7.61. The molecule has 0 saturated heterocycles. The van der Waals surface area contributed by atoms with E-state index in [0.29, 0.717) is 5.56 Å². The Morgan fingerprint density at radius 1 is 1.23 bits per heavy atom. The van der Waals surface area contributed by atoms with E-state index in [2.05, 4.69) is 0 Å². The molecule has 0 spiro atoms. The van der Waals surface area contributed by atoms with Crippen molar-refractivity contribution in [3.8, 4) is 0 Å². The predicted octanol–water partition coefficient (Wildman–Crippen LogP) is 3.70. The summed E-state index contributed by atoms with van der Waals surface area (Å²) in [7, 11) is 3.39. The largest absolute Gasteiger partial charge is 0.443 e. The van der Waals surface area contributed by atoms with Gasteiger partial charge in [-0.1, -0.05) is 24.4 Å². The van der Waals surface area contributed by atoms with Crippen LogP contribution in [0.3, 0.4) is 0 Å². The van der Waals surface area contributed by atoms with Crippen LogP contribution in [0, 0.1) is 15.9 Å². The fraction of sp³-hybridized carbons (Fsp3) is 0.222. The van der Waals surface area contributed by atoms with Gasteiger partial charge in [0.15, 0.2) is 5.60 Å². The Bertz CT molecular complexity index is 855. The number of carbonyl (C=O) groups excluding carboxylic acids is 1. The van der Waals surface area contributed by atoms with Crippen molar-refractivity contribution in [1.29, 1.82) is 0 Å². The summed E-state index contributed by atoms with van der Waals surface area (Å²) in [5.41, 5.74) is -1.02. The number of likely N-dealkylation sites (N-methyl/N-ethyl adjacent to an activating group) is 1. The summed E-state index contributed by atoms with van der Waals surface area (Å²) in [5.74, 6) is -1.21. The number of carbonyl (C=O) groups is 1. The second kappa shape index (κ2) is 7.57. The summed E-state index contributed by atoms with van der Waals surface area (Å²) in [6.07, 6.45) is 0. The molecule has 0 aromatic heterocycles. The van der Waals surface area contributed by atoms with Gasteiger partial charge in [-0.25, -0.2) is 9.18 Å². The van der Waals surface area contributed by atoms with E-state index in [4.69, 9.17) is 17.0 Å². The first kappa shape index (κ1) is 19.5. The molecule has 0 aliphatic carbocycles. The van der Waals surface area contributed by atoms with Crippen LogP contribution in [0.2, 0.25) is 0 Å². The summed E-state index contributed by atoms with van der Waals surface area (Å²) in [6.45, 7) is 1.58. The maximum atomic E-state index is 13.7. The molecule has 136 valence electrons. The van der Waals surface area contributed by atoms with E-state index in [1.165, 1.54) is 42.5 Å². The van der Waals surface area contributed by atoms with Gasteiger partial charge in [0, 0.05) is 31.8 Å². The number of non-ortho nitro benzene ring substituents is 1. The van der Waals surface area contributed by atoms with E-state index in [0.717, 1.165) is 0 Å². The molecule has 2 aromatic rings. The van der Waals surface area contributed by atoms with Crippen LogP contribution in [-0.2, 0) is 10.3 Å². The number of rotatable bonds is 5. The quantitative estimate of drug-likeness (QED) is 0.343. The highest BCUT2D eigenvalue weighted by Gasteiger charge is 2.38. The van der Waals surface area contributed by atoms with Crippen molar-refractivity contribution in [3.63, 3.8) is 0 Å². The summed E-state index contributed by atoms with van der Waals surface area (Å²) in [6, 6.07) is 10.7. The van der Waals surface area contributed by atoms with Crippen molar-refractivity contribution in [2.24, 2.45) is 0 Å². The molecule has 0 bridgehead atoms. The number of nitro benzene ring substituents is 1. The molecule has 0 fully saturated rings. The minimum Gasteiger partial charge on any atom is -0.443 e. The predicted molar refractivity (Wildman–Crippen MR) is 98.5 cm³/mol. The van der Waals surface area contributed by atoms with Gasteiger partial charge in [0.2, 0.25) is 0 Å². The Labute approximate surface area is 155 Å². The van der Waals surface area contributed by atoms with Gasteiger partial charge in [-0.05, 0) is 31.2 Å². The van der Waals surface area contributed by atoms with Crippen molar-refractivity contribution in [3.05, 3.63) is 75.6 Å². The van der Waals surface area contributed by atoms with Crippen LogP contribution in [0.1, 0.15) is 22.8 Å². The van der Waals surface area contributed by atoms with Crippen molar-refractivity contribution in [1.82, 2.24) is 4.90 Å². The lowest BCUT2D eigenvalue weighted by molar-refractivity contribution is -0.384. The number of nitro groups is 1. The number of hydrogen-bond acceptors (Lipinski definition) is 5. The van der Waals surface area contributed by atoms with Crippen molar-refractivity contribution in [2.45, 2.75) is 12.5 Å². The molecule has 6 nitrogen and oxygen atoms in total. The molecule has 0 heterocycles. The van der Waals surface area contributed by atoms with Gasteiger partial charge in [0.1, 0.15) is 10.8 Å². The summed E-state index contributed by atoms with van der Waals surface area (Å²) in [5, 5.41) is 10.7. The molecule has 8 heteroatoms. The van der Waals surface area contributed by atoms with Gasteiger partial charge in [-0.15, -0.1) is 0 Å². The molecule has 0 N–H and O–H groups in total. The first-order valence-corrected chi connectivity index (χ1v) is 8.01. The van der Waals surface area contributed by atoms with Gasteiger partial charge in [0.05, 0.1) is 10.5 Å².